The second kappa shape index (κ2) is 6.71. The highest BCUT2D eigenvalue weighted by Gasteiger charge is 2.41. The molecule has 1 saturated heterocycles. The Labute approximate surface area is 115 Å². The van der Waals surface area contributed by atoms with Crippen LogP contribution in [0.15, 0.2) is 30.3 Å². The van der Waals surface area contributed by atoms with Crippen molar-refractivity contribution in [2.45, 2.75) is 52.1 Å². The molecule has 3 heteroatoms. The van der Waals surface area contributed by atoms with E-state index in [-0.39, 0.29) is 17.9 Å². The topological polar surface area (TPSA) is 29.5 Å². The van der Waals surface area contributed by atoms with Crippen LogP contribution in [0.2, 0.25) is 0 Å². The van der Waals surface area contributed by atoms with Crippen molar-refractivity contribution in [1.82, 2.24) is 5.06 Å². The maximum atomic E-state index is 12.0. The number of nitrogens with zero attached hydrogens (tertiary/aromatic N) is 1. The Morgan fingerprint density at radius 3 is 2.58 bits per heavy atom. The third kappa shape index (κ3) is 3.35. The first-order valence-electron chi connectivity index (χ1n) is 7.28. The number of hydrogen-bond donors (Lipinski definition) is 0. The molecule has 0 N–H and O–H groups in total. The van der Waals surface area contributed by atoms with Gasteiger partial charge < -0.3 is 4.84 Å². The van der Waals surface area contributed by atoms with Crippen molar-refractivity contribution in [3.8, 4) is 0 Å². The zero-order chi connectivity index (χ0) is 13.7. The van der Waals surface area contributed by atoms with E-state index < -0.39 is 0 Å². The first-order valence-corrected chi connectivity index (χ1v) is 7.28. The third-order valence-electron chi connectivity index (χ3n) is 3.81. The van der Waals surface area contributed by atoms with Crippen molar-refractivity contribution in [2.24, 2.45) is 5.92 Å². The summed E-state index contributed by atoms with van der Waals surface area (Å²) in [7, 11) is 0. The van der Waals surface area contributed by atoms with Crippen LogP contribution in [-0.4, -0.2) is 17.1 Å². The maximum absolute atomic E-state index is 12.0. The minimum Gasteiger partial charge on any atom is -0.367 e. The molecular formula is C16H23NO2. The lowest BCUT2D eigenvalue weighted by Gasteiger charge is -2.22. The van der Waals surface area contributed by atoms with Crippen LogP contribution in [0.5, 0.6) is 0 Å². The molecule has 0 spiro atoms. The van der Waals surface area contributed by atoms with Gasteiger partial charge in [0.25, 0.3) is 0 Å². The normalized spacial score (nSPS) is 23.6. The molecule has 1 aliphatic heterocycles. The van der Waals surface area contributed by atoms with E-state index in [0.29, 0.717) is 6.54 Å². The third-order valence-corrected chi connectivity index (χ3v) is 3.81. The Hall–Kier alpha value is -1.35. The predicted molar refractivity (Wildman–Crippen MR) is 75.2 cm³/mol. The minimum absolute atomic E-state index is 0.0452. The Morgan fingerprint density at radius 2 is 1.95 bits per heavy atom. The second-order valence-electron chi connectivity index (χ2n) is 5.20. The van der Waals surface area contributed by atoms with Crippen LogP contribution in [0.1, 0.15) is 45.1 Å². The summed E-state index contributed by atoms with van der Waals surface area (Å²) in [6.07, 6.45) is 4.11. The van der Waals surface area contributed by atoms with Crippen LogP contribution < -0.4 is 0 Å². The van der Waals surface area contributed by atoms with E-state index in [1.165, 1.54) is 5.56 Å². The Balaban J connectivity index is 2.03. The van der Waals surface area contributed by atoms with E-state index in [0.717, 1.165) is 25.7 Å². The highest BCUT2D eigenvalue weighted by molar-refractivity contribution is 5.74. The van der Waals surface area contributed by atoms with E-state index in [4.69, 9.17) is 4.84 Å². The smallest absolute Gasteiger partial charge is 0.329 e. The van der Waals surface area contributed by atoms with Crippen molar-refractivity contribution < 1.29 is 9.63 Å². The van der Waals surface area contributed by atoms with E-state index >= 15 is 0 Å². The Bertz CT molecular complexity index is 404. The average Bonchev–Trinajstić information content (AvgIpc) is 2.72. The number of hydroxylamine groups is 2. The van der Waals surface area contributed by atoms with E-state index in [9.17, 15) is 4.79 Å². The van der Waals surface area contributed by atoms with Gasteiger partial charge in [-0.1, -0.05) is 57.0 Å². The zero-order valence-electron chi connectivity index (χ0n) is 11.8. The van der Waals surface area contributed by atoms with Crippen molar-refractivity contribution in [2.75, 3.05) is 0 Å². The molecular weight excluding hydrogens is 238 g/mol. The standard InChI is InChI=1S/C16H23NO2/c1-3-5-11-14-15(4-2)17(19-16(14)18)12-13-9-7-6-8-10-13/h6-10,14-15H,3-5,11-12H2,1-2H3/t14-,15-/m0/s1. The Morgan fingerprint density at radius 1 is 1.21 bits per heavy atom. The summed E-state index contributed by atoms with van der Waals surface area (Å²) in [5.41, 5.74) is 1.19. The molecule has 104 valence electrons. The van der Waals surface area contributed by atoms with Crippen molar-refractivity contribution in [3.05, 3.63) is 35.9 Å². The quantitative estimate of drug-likeness (QED) is 0.784. The predicted octanol–water partition coefficient (Wildman–Crippen LogP) is 3.55. The van der Waals surface area contributed by atoms with Crippen LogP contribution in [0.4, 0.5) is 0 Å². The fraction of sp³-hybridized carbons (Fsp3) is 0.562. The molecule has 0 amide bonds. The van der Waals surface area contributed by atoms with Gasteiger partial charge in [0.15, 0.2) is 0 Å². The minimum atomic E-state index is -0.0452. The van der Waals surface area contributed by atoms with Crippen LogP contribution >= 0.6 is 0 Å². The molecule has 1 fully saturated rings. The van der Waals surface area contributed by atoms with Crippen LogP contribution in [0.25, 0.3) is 0 Å². The van der Waals surface area contributed by atoms with Gasteiger partial charge in [0.1, 0.15) is 0 Å². The largest absolute Gasteiger partial charge is 0.367 e. The van der Waals surface area contributed by atoms with Gasteiger partial charge in [-0.2, -0.15) is 0 Å². The molecule has 1 heterocycles. The summed E-state index contributed by atoms with van der Waals surface area (Å²) in [6, 6.07) is 10.4. The lowest BCUT2D eigenvalue weighted by atomic mass is 9.93. The van der Waals surface area contributed by atoms with Crippen molar-refractivity contribution >= 4 is 5.97 Å². The molecule has 2 rings (SSSR count). The molecule has 0 aromatic heterocycles. The highest BCUT2D eigenvalue weighted by atomic mass is 16.7. The highest BCUT2D eigenvalue weighted by Crippen LogP contribution is 2.30. The first-order chi connectivity index (χ1) is 9.26. The molecule has 0 saturated carbocycles. The molecule has 1 aromatic carbocycles. The van der Waals surface area contributed by atoms with E-state index in [1.54, 1.807) is 0 Å². The monoisotopic (exact) mass is 261 g/mol. The van der Waals surface area contributed by atoms with Gasteiger partial charge in [-0.3, -0.25) is 0 Å². The SMILES string of the molecule is CCCC[C@@H]1C(=O)ON(Cc2ccccc2)[C@H]1CC. The van der Waals surface area contributed by atoms with Gasteiger partial charge in [-0.05, 0) is 18.4 Å². The lowest BCUT2D eigenvalue weighted by molar-refractivity contribution is -0.178. The summed E-state index contributed by atoms with van der Waals surface area (Å²) < 4.78 is 0. The van der Waals surface area contributed by atoms with Crippen molar-refractivity contribution in [1.29, 1.82) is 0 Å². The Kier molecular flexibility index (Phi) is 4.97. The first kappa shape index (κ1) is 14.1. The van der Waals surface area contributed by atoms with Crippen LogP contribution in [0, 0.1) is 5.92 Å². The molecule has 0 bridgehead atoms. The second-order valence-corrected chi connectivity index (χ2v) is 5.20. The molecule has 19 heavy (non-hydrogen) atoms. The fourth-order valence-electron chi connectivity index (χ4n) is 2.74. The molecule has 1 aromatic rings. The summed E-state index contributed by atoms with van der Waals surface area (Å²) in [5.74, 6) is 0.00453. The van der Waals surface area contributed by atoms with Gasteiger partial charge in [0, 0.05) is 0 Å². The fourth-order valence-corrected chi connectivity index (χ4v) is 2.74. The summed E-state index contributed by atoms with van der Waals surface area (Å²) in [4.78, 5) is 17.5. The number of unbranched alkanes of at least 4 members (excludes halogenated alkanes) is 1. The molecule has 3 nitrogen and oxygen atoms in total. The zero-order valence-corrected chi connectivity index (χ0v) is 11.8. The van der Waals surface area contributed by atoms with Crippen LogP contribution in [-0.2, 0) is 16.2 Å². The van der Waals surface area contributed by atoms with Crippen LogP contribution in [0.3, 0.4) is 0 Å². The number of carbonyl (C=O) groups excluding carboxylic acids is 1. The molecule has 0 aliphatic carbocycles. The summed E-state index contributed by atoms with van der Waals surface area (Å²) in [5, 5.41) is 1.87. The van der Waals surface area contributed by atoms with Gasteiger partial charge in [0.05, 0.1) is 18.5 Å². The maximum Gasteiger partial charge on any atom is 0.329 e. The van der Waals surface area contributed by atoms with E-state index in [2.05, 4.69) is 26.0 Å². The van der Waals surface area contributed by atoms with Gasteiger partial charge in [0.2, 0.25) is 0 Å². The summed E-state index contributed by atoms with van der Waals surface area (Å²) in [6.45, 7) is 4.97. The molecule has 0 unspecified atom stereocenters. The number of carbonyl (C=O) groups is 1. The number of benzene rings is 1. The number of rotatable bonds is 6. The van der Waals surface area contributed by atoms with Crippen molar-refractivity contribution in [3.63, 3.8) is 0 Å². The summed E-state index contributed by atoms with van der Waals surface area (Å²) >= 11 is 0. The van der Waals surface area contributed by atoms with E-state index in [1.807, 2.05) is 23.3 Å². The molecule has 1 aliphatic rings. The lowest BCUT2D eigenvalue weighted by Crippen LogP contribution is -2.31. The average molecular weight is 261 g/mol. The van der Waals surface area contributed by atoms with Gasteiger partial charge >= 0.3 is 5.97 Å². The van der Waals surface area contributed by atoms with Gasteiger partial charge in [-0.25, -0.2) is 4.79 Å². The molecule has 2 atom stereocenters. The molecule has 0 radical (unpaired) electrons. The van der Waals surface area contributed by atoms with Gasteiger partial charge in [-0.15, -0.1) is 5.06 Å². The number of hydrogen-bond acceptors (Lipinski definition) is 3.